The molecule has 0 aliphatic heterocycles. The van der Waals surface area contributed by atoms with E-state index in [1.165, 1.54) is 0 Å². The Morgan fingerprint density at radius 3 is 3.00 bits per heavy atom. The molecule has 0 spiro atoms. The van der Waals surface area contributed by atoms with Crippen LogP contribution in [0.3, 0.4) is 0 Å². The quantitative estimate of drug-likeness (QED) is 0.367. The maximum Gasteiger partial charge on any atom is 0.0668 e. The molecule has 1 aromatic rings. The van der Waals surface area contributed by atoms with Crippen molar-refractivity contribution >= 4 is 0 Å². The van der Waals surface area contributed by atoms with Crippen molar-refractivity contribution in [2.75, 3.05) is 0 Å². The van der Waals surface area contributed by atoms with Gasteiger partial charge in [-0.05, 0) is 0 Å². The second-order valence-electron chi connectivity index (χ2n) is 2.33. The third kappa shape index (κ3) is 1.66. The highest BCUT2D eigenvalue weighted by atomic mass is 15.3. The molecular formula is C7H12N4. The number of nitrogens with two attached hydrogens (primary N) is 1. The smallest absolute Gasteiger partial charge is 0.0668 e. The summed E-state index contributed by atoms with van der Waals surface area (Å²) in [5.41, 5.74) is 3.63. The fourth-order valence-electron chi connectivity index (χ4n) is 0.901. The first-order chi connectivity index (χ1) is 5.27. The lowest BCUT2D eigenvalue weighted by atomic mass is 10.2. The van der Waals surface area contributed by atoms with Crippen LogP contribution in [0.1, 0.15) is 11.6 Å². The number of hydrogen-bond donors (Lipinski definition) is 2. The Balaban J connectivity index is 2.81. The van der Waals surface area contributed by atoms with Crippen molar-refractivity contribution in [3.05, 3.63) is 30.6 Å². The fraction of sp³-hybridized carbons (Fsp3) is 0.286. The van der Waals surface area contributed by atoms with Gasteiger partial charge in [0, 0.05) is 18.8 Å². The van der Waals surface area contributed by atoms with Crippen LogP contribution in [0.5, 0.6) is 0 Å². The lowest BCUT2D eigenvalue weighted by Gasteiger charge is -2.06. The Bertz CT molecular complexity index is 240. The second kappa shape index (κ2) is 3.32. The summed E-state index contributed by atoms with van der Waals surface area (Å²) >= 11 is 0. The molecule has 0 aliphatic carbocycles. The molecule has 1 rings (SSSR count). The molecule has 1 aromatic heterocycles. The standard InChI is InChI=1S/C7H12N4/c1-3-7(10-8)6-4-9-11(2)5-6/h3-5,7,10H,1,8H2,2H3. The van der Waals surface area contributed by atoms with E-state index in [0.29, 0.717) is 0 Å². The molecule has 0 saturated heterocycles. The zero-order chi connectivity index (χ0) is 8.27. The molecule has 4 nitrogen and oxygen atoms in total. The van der Waals surface area contributed by atoms with Crippen molar-refractivity contribution in [3.8, 4) is 0 Å². The van der Waals surface area contributed by atoms with Crippen LogP contribution < -0.4 is 11.3 Å². The van der Waals surface area contributed by atoms with Crippen molar-refractivity contribution in [1.82, 2.24) is 15.2 Å². The third-order valence-corrected chi connectivity index (χ3v) is 1.50. The van der Waals surface area contributed by atoms with Crippen LogP contribution in [-0.2, 0) is 7.05 Å². The van der Waals surface area contributed by atoms with E-state index in [4.69, 9.17) is 5.84 Å². The Labute approximate surface area is 65.7 Å². The number of hydrazine groups is 1. The maximum absolute atomic E-state index is 5.27. The maximum atomic E-state index is 5.27. The molecule has 3 N–H and O–H groups in total. The molecule has 0 fully saturated rings. The number of aryl methyl sites for hydroxylation is 1. The Hall–Kier alpha value is -1.13. The summed E-state index contributed by atoms with van der Waals surface area (Å²) in [4.78, 5) is 0. The molecule has 4 heteroatoms. The van der Waals surface area contributed by atoms with Crippen molar-refractivity contribution in [2.24, 2.45) is 12.9 Å². The van der Waals surface area contributed by atoms with Gasteiger partial charge in [0.05, 0.1) is 12.2 Å². The highest BCUT2D eigenvalue weighted by Gasteiger charge is 2.05. The van der Waals surface area contributed by atoms with Gasteiger partial charge in [-0.1, -0.05) is 6.08 Å². The van der Waals surface area contributed by atoms with Crippen LogP contribution in [0.2, 0.25) is 0 Å². The van der Waals surface area contributed by atoms with Crippen LogP contribution in [-0.4, -0.2) is 9.78 Å². The predicted molar refractivity (Wildman–Crippen MR) is 43.5 cm³/mol. The van der Waals surface area contributed by atoms with E-state index in [0.717, 1.165) is 5.56 Å². The molecule has 0 aromatic carbocycles. The van der Waals surface area contributed by atoms with Crippen molar-refractivity contribution in [1.29, 1.82) is 0 Å². The van der Waals surface area contributed by atoms with E-state index in [2.05, 4.69) is 17.1 Å². The summed E-state index contributed by atoms with van der Waals surface area (Å²) in [7, 11) is 1.86. The number of rotatable bonds is 3. The number of nitrogens with zero attached hydrogens (tertiary/aromatic N) is 2. The highest BCUT2D eigenvalue weighted by Crippen LogP contribution is 2.10. The van der Waals surface area contributed by atoms with Gasteiger partial charge in [-0.25, -0.2) is 5.43 Å². The minimum absolute atomic E-state index is 0.0105. The van der Waals surface area contributed by atoms with Gasteiger partial charge in [-0.2, -0.15) is 5.10 Å². The lowest BCUT2D eigenvalue weighted by Crippen LogP contribution is -2.25. The topological polar surface area (TPSA) is 55.9 Å². The largest absolute Gasteiger partial charge is 0.275 e. The first kappa shape index (κ1) is 7.97. The molecule has 0 bridgehead atoms. The van der Waals surface area contributed by atoms with Crippen LogP contribution in [0.4, 0.5) is 0 Å². The SMILES string of the molecule is C=CC(NN)c1cnn(C)c1. The van der Waals surface area contributed by atoms with E-state index < -0.39 is 0 Å². The molecule has 1 heterocycles. The summed E-state index contributed by atoms with van der Waals surface area (Å²) in [6.45, 7) is 3.64. The normalized spacial score (nSPS) is 12.9. The fourth-order valence-corrected chi connectivity index (χ4v) is 0.901. The van der Waals surface area contributed by atoms with E-state index in [1.807, 2.05) is 13.2 Å². The average molecular weight is 152 g/mol. The van der Waals surface area contributed by atoms with Crippen molar-refractivity contribution < 1.29 is 0 Å². The van der Waals surface area contributed by atoms with Crippen molar-refractivity contribution in [2.45, 2.75) is 6.04 Å². The highest BCUT2D eigenvalue weighted by molar-refractivity contribution is 5.14. The van der Waals surface area contributed by atoms with Gasteiger partial charge in [-0.15, -0.1) is 6.58 Å². The van der Waals surface area contributed by atoms with Gasteiger partial charge in [0.15, 0.2) is 0 Å². The monoisotopic (exact) mass is 152 g/mol. The minimum atomic E-state index is -0.0105. The van der Waals surface area contributed by atoms with E-state index in [1.54, 1.807) is 17.0 Å². The van der Waals surface area contributed by atoms with Gasteiger partial charge in [0.2, 0.25) is 0 Å². The minimum Gasteiger partial charge on any atom is -0.275 e. The van der Waals surface area contributed by atoms with Crippen molar-refractivity contribution in [3.63, 3.8) is 0 Å². The first-order valence-electron chi connectivity index (χ1n) is 3.35. The number of nitrogens with one attached hydrogen (secondary N) is 1. The summed E-state index contributed by atoms with van der Waals surface area (Å²) in [6.07, 6.45) is 5.38. The van der Waals surface area contributed by atoms with Crippen LogP contribution in [0.15, 0.2) is 25.0 Å². The summed E-state index contributed by atoms with van der Waals surface area (Å²) in [6, 6.07) is -0.0105. The molecule has 0 amide bonds. The number of aromatic nitrogens is 2. The van der Waals surface area contributed by atoms with Gasteiger partial charge >= 0.3 is 0 Å². The van der Waals surface area contributed by atoms with Crippen LogP contribution in [0, 0.1) is 0 Å². The molecular weight excluding hydrogens is 140 g/mol. The summed E-state index contributed by atoms with van der Waals surface area (Å²) in [5, 5.41) is 4.01. The summed E-state index contributed by atoms with van der Waals surface area (Å²) < 4.78 is 1.73. The molecule has 60 valence electrons. The predicted octanol–water partition coefficient (Wildman–Crippen LogP) is 0.110. The van der Waals surface area contributed by atoms with Gasteiger partial charge in [0.1, 0.15) is 0 Å². The van der Waals surface area contributed by atoms with E-state index in [-0.39, 0.29) is 6.04 Å². The third-order valence-electron chi connectivity index (χ3n) is 1.50. The van der Waals surface area contributed by atoms with Gasteiger partial charge < -0.3 is 0 Å². The second-order valence-corrected chi connectivity index (χ2v) is 2.33. The van der Waals surface area contributed by atoms with Crippen LogP contribution in [0.25, 0.3) is 0 Å². The van der Waals surface area contributed by atoms with Gasteiger partial charge in [-0.3, -0.25) is 10.5 Å². The molecule has 1 atom stereocenters. The zero-order valence-electron chi connectivity index (χ0n) is 6.49. The Morgan fingerprint density at radius 1 is 1.91 bits per heavy atom. The molecule has 0 saturated carbocycles. The molecule has 0 aliphatic rings. The summed E-state index contributed by atoms with van der Waals surface area (Å²) in [5.74, 6) is 5.27. The van der Waals surface area contributed by atoms with E-state index in [9.17, 15) is 0 Å². The average Bonchev–Trinajstić information content (AvgIpc) is 2.39. The molecule has 11 heavy (non-hydrogen) atoms. The van der Waals surface area contributed by atoms with E-state index >= 15 is 0 Å². The lowest BCUT2D eigenvalue weighted by molar-refractivity contribution is 0.655. The first-order valence-corrected chi connectivity index (χ1v) is 3.35. The molecule has 1 unspecified atom stereocenters. The zero-order valence-corrected chi connectivity index (χ0v) is 6.49. The molecule has 0 radical (unpaired) electrons. The Kier molecular flexibility index (Phi) is 2.40. The Morgan fingerprint density at radius 2 is 2.64 bits per heavy atom. The number of hydrogen-bond acceptors (Lipinski definition) is 3. The van der Waals surface area contributed by atoms with Crippen LogP contribution >= 0.6 is 0 Å². The van der Waals surface area contributed by atoms with Gasteiger partial charge in [0.25, 0.3) is 0 Å².